The summed E-state index contributed by atoms with van der Waals surface area (Å²) in [7, 11) is 1.58. The number of methoxy groups -OCH3 is 1. The number of aromatic nitrogens is 1. The molecular formula is C35H30Cl3N3O3S. The third-order valence-corrected chi connectivity index (χ3v) is 10.9. The van der Waals surface area contributed by atoms with E-state index in [0.29, 0.717) is 47.9 Å². The highest BCUT2D eigenvalue weighted by molar-refractivity contribution is 7.22. The number of fused-ring (bicyclic) bond motifs is 1. The molecule has 10 heteroatoms. The number of hydrogen-bond acceptors (Lipinski definition) is 5. The minimum absolute atomic E-state index is 0.000725. The molecule has 1 saturated carbocycles. The number of thiophene rings is 1. The Morgan fingerprint density at radius 1 is 0.911 bits per heavy atom. The molecule has 0 aliphatic heterocycles. The Morgan fingerprint density at radius 3 is 2.42 bits per heavy atom. The van der Waals surface area contributed by atoms with Crippen molar-refractivity contribution in [3.63, 3.8) is 0 Å². The fourth-order valence-electron chi connectivity index (χ4n) is 5.86. The van der Waals surface area contributed by atoms with E-state index in [2.05, 4.69) is 22.4 Å². The fraction of sp³-hybridized carbons (Fsp3) is 0.229. The molecule has 0 radical (unpaired) electrons. The molecule has 3 aromatic carbocycles. The van der Waals surface area contributed by atoms with Crippen LogP contribution in [-0.2, 0) is 6.54 Å². The van der Waals surface area contributed by atoms with Crippen LogP contribution in [0.25, 0.3) is 21.2 Å². The van der Waals surface area contributed by atoms with Crippen LogP contribution >= 0.6 is 46.1 Å². The van der Waals surface area contributed by atoms with Crippen molar-refractivity contribution in [1.29, 1.82) is 0 Å². The predicted octanol–water partition coefficient (Wildman–Crippen LogP) is 9.32. The summed E-state index contributed by atoms with van der Waals surface area (Å²) < 4.78 is 5.97. The van der Waals surface area contributed by atoms with Gasteiger partial charge in [-0.2, -0.15) is 0 Å². The first-order valence-corrected chi connectivity index (χ1v) is 16.6. The number of nitrogens with one attached hydrogen (secondary N) is 1. The number of nitrogens with zero attached hydrogens (tertiary/aromatic N) is 2. The molecule has 6 nitrogen and oxygen atoms in total. The van der Waals surface area contributed by atoms with E-state index in [1.807, 2.05) is 35.2 Å². The molecule has 6 rings (SSSR count). The lowest BCUT2D eigenvalue weighted by atomic mass is 9.89. The molecule has 0 saturated heterocycles. The van der Waals surface area contributed by atoms with Gasteiger partial charge in [-0.3, -0.25) is 14.6 Å². The van der Waals surface area contributed by atoms with Gasteiger partial charge in [0.15, 0.2) is 0 Å². The van der Waals surface area contributed by atoms with Gasteiger partial charge >= 0.3 is 0 Å². The lowest BCUT2D eigenvalue weighted by molar-refractivity contribution is 0.0597. The van der Waals surface area contributed by atoms with Gasteiger partial charge in [-0.1, -0.05) is 65.1 Å². The molecule has 0 atom stereocenters. The molecule has 230 valence electrons. The minimum atomic E-state index is -0.147. The lowest BCUT2D eigenvalue weighted by Crippen LogP contribution is -2.45. The van der Waals surface area contributed by atoms with Crippen LogP contribution in [0.15, 0.2) is 85.2 Å². The van der Waals surface area contributed by atoms with Crippen LogP contribution in [0.2, 0.25) is 15.1 Å². The fourth-order valence-corrected chi connectivity index (χ4v) is 7.86. The SMILES string of the molecule is COc1cccc(C(=O)NC2CCC(N(Cc3cccc(-c4ccncc4)c3)C(=O)c3sc4c(Cl)c(Cl)ccc4c3Cl)CC2)c1. The van der Waals surface area contributed by atoms with Crippen molar-refractivity contribution in [3.05, 3.63) is 116 Å². The zero-order valence-electron chi connectivity index (χ0n) is 24.4. The van der Waals surface area contributed by atoms with Crippen molar-refractivity contribution in [3.8, 4) is 16.9 Å². The second kappa shape index (κ2) is 13.8. The lowest BCUT2D eigenvalue weighted by Gasteiger charge is -2.37. The van der Waals surface area contributed by atoms with E-state index in [1.165, 1.54) is 11.3 Å². The summed E-state index contributed by atoms with van der Waals surface area (Å²) >= 11 is 20.9. The molecule has 0 bridgehead atoms. The second-order valence-corrected chi connectivity index (χ2v) is 13.2. The highest BCUT2D eigenvalue weighted by Crippen LogP contribution is 2.43. The van der Waals surface area contributed by atoms with Crippen LogP contribution < -0.4 is 10.1 Å². The summed E-state index contributed by atoms with van der Waals surface area (Å²) in [5.74, 6) is 0.356. The van der Waals surface area contributed by atoms with E-state index in [-0.39, 0.29) is 23.9 Å². The summed E-state index contributed by atoms with van der Waals surface area (Å²) in [5, 5.41) is 5.07. The molecule has 1 aliphatic rings. The van der Waals surface area contributed by atoms with E-state index in [9.17, 15) is 9.59 Å². The van der Waals surface area contributed by atoms with Crippen molar-refractivity contribution in [1.82, 2.24) is 15.2 Å². The van der Waals surface area contributed by atoms with Gasteiger partial charge in [0, 0.05) is 42.0 Å². The third-order valence-electron chi connectivity index (χ3n) is 8.24. The number of rotatable bonds is 8. The Morgan fingerprint density at radius 2 is 1.67 bits per heavy atom. The molecule has 0 unspecified atom stereocenters. The normalized spacial score (nSPS) is 16.4. The largest absolute Gasteiger partial charge is 0.497 e. The topological polar surface area (TPSA) is 71.5 Å². The van der Waals surface area contributed by atoms with E-state index in [1.54, 1.807) is 49.8 Å². The number of pyridine rings is 1. The first-order chi connectivity index (χ1) is 21.8. The zero-order valence-corrected chi connectivity index (χ0v) is 27.5. The molecule has 2 aromatic heterocycles. The van der Waals surface area contributed by atoms with Gasteiger partial charge in [-0.25, -0.2) is 0 Å². The van der Waals surface area contributed by atoms with Gasteiger partial charge in [0.05, 0.1) is 26.9 Å². The molecule has 2 amide bonds. The van der Waals surface area contributed by atoms with Crippen molar-refractivity contribution < 1.29 is 14.3 Å². The summed E-state index contributed by atoms with van der Waals surface area (Å²) in [5.41, 5.74) is 3.66. The van der Waals surface area contributed by atoms with Crippen molar-refractivity contribution in [2.75, 3.05) is 7.11 Å². The quantitative estimate of drug-likeness (QED) is 0.178. The summed E-state index contributed by atoms with van der Waals surface area (Å²) in [4.78, 5) is 33.9. The molecule has 5 aromatic rings. The van der Waals surface area contributed by atoms with Crippen molar-refractivity contribution >= 4 is 68.0 Å². The summed E-state index contributed by atoms with van der Waals surface area (Å²) in [6.07, 6.45) is 6.47. The van der Waals surface area contributed by atoms with Gasteiger partial charge in [-0.15, -0.1) is 11.3 Å². The van der Waals surface area contributed by atoms with Crippen molar-refractivity contribution in [2.24, 2.45) is 0 Å². The van der Waals surface area contributed by atoms with Gasteiger partial charge in [0.2, 0.25) is 0 Å². The number of carbonyl (C=O) groups is 2. The van der Waals surface area contributed by atoms with E-state index >= 15 is 0 Å². The maximum Gasteiger partial charge on any atom is 0.266 e. The summed E-state index contributed by atoms with van der Waals surface area (Å²) in [6.45, 7) is 0.405. The monoisotopic (exact) mass is 677 g/mol. The number of halogens is 3. The average Bonchev–Trinajstić information content (AvgIpc) is 3.42. The van der Waals surface area contributed by atoms with Gasteiger partial charge in [-0.05, 0) is 84.8 Å². The van der Waals surface area contributed by atoms with E-state index in [4.69, 9.17) is 39.5 Å². The Kier molecular flexibility index (Phi) is 9.61. The molecule has 0 spiro atoms. The highest BCUT2D eigenvalue weighted by atomic mass is 35.5. The number of amides is 2. The van der Waals surface area contributed by atoms with Crippen LogP contribution in [0.4, 0.5) is 0 Å². The average molecular weight is 679 g/mol. The molecule has 1 fully saturated rings. The number of ether oxygens (including phenoxy) is 1. The maximum absolute atomic E-state index is 14.4. The van der Waals surface area contributed by atoms with Gasteiger partial charge < -0.3 is 15.0 Å². The molecule has 1 N–H and O–H groups in total. The van der Waals surface area contributed by atoms with Gasteiger partial charge in [0.25, 0.3) is 11.8 Å². The van der Waals surface area contributed by atoms with Crippen LogP contribution in [0.5, 0.6) is 5.75 Å². The van der Waals surface area contributed by atoms with Crippen LogP contribution in [-0.4, -0.2) is 40.9 Å². The van der Waals surface area contributed by atoms with Crippen LogP contribution in [0.1, 0.15) is 51.3 Å². The van der Waals surface area contributed by atoms with Crippen molar-refractivity contribution in [2.45, 2.75) is 44.3 Å². The smallest absolute Gasteiger partial charge is 0.266 e. The first kappa shape index (κ1) is 31.4. The molecule has 2 heterocycles. The molecular weight excluding hydrogens is 649 g/mol. The van der Waals surface area contributed by atoms with E-state index in [0.717, 1.165) is 42.4 Å². The Labute approximate surface area is 280 Å². The number of carbonyl (C=O) groups excluding carboxylic acids is 2. The van der Waals surface area contributed by atoms with Crippen LogP contribution in [0.3, 0.4) is 0 Å². The van der Waals surface area contributed by atoms with Crippen LogP contribution in [0, 0.1) is 0 Å². The standard InChI is InChI=1S/C35H30Cl3N3O3S/c1-44-27-7-3-6-24(19-27)34(42)40-25-8-10-26(11-9-25)41(20-21-4-2-5-23(18-21)22-14-16-39-17-15-22)35(43)33-30(37)28-12-13-29(36)31(38)32(28)45-33/h2-7,12-19,25-26H,8-11,20H2,1H3,(H,40,42). The maximum atomic E-state index is 14.4. The highest BCUT2D eigenvalue weighted by Gasteiger charge is 2.33. The Balaban J connectivity index is 1.25. The zero-order chi connectivity index (χ0) is 31.5. The van der Waals surface area contributed by atoms with E-state index < -0.39 is 0 Å². The number of benzene rings is 3. The number of hydrogen-bond donors (Lipinski definition) is 1. The predicted molar refractivity (Wildman–Crippen MR) is 183 cm³/mol. The summed E-state index contributed by atoms with van der Waals surface area (Å²) in [6, 6.07) is 22.7. The second-order valence-electron chi connectivity index (χ2n) is 11.1. The first-order valence-electron chi connectivity index (χ1n) is 14.6. The third kappa shape index (κ3) is 6.82. The van der Waals surface area contributed by atoms with Gasteiger partial charge in [0.1, 0.15) is 10.6 Å². The Bertz CT molecular complexity index is 1860. The Hall–Kier alpha value is -3.62. The molecule has 45 heavy (non-hydrogen) atoms. The minimum Gasteiger partial charge on any atom is -0.497 e. The molecule has 1 aliphatic carbocycles.